The van der Waals surface area contributed by atoms with Crippen molar-refractivity contribution < 1.29 is 9.59 Å². The highest BCUT2D eigenvalue weighted by Gasteiger charge is 2.16. The lowest BCUT2D eigenvalue weighted by atomic mass is 10.1. The van der Waals surface area contributed by atoms with Crippen LogP contribution in [0, 0.1) is 0 Å². The lowest BCUT2D eigenvalue weighted by Gasteiger charge is -2.17. The third-order valence-electron chi connectivity index (χ3n) is 3.57. The highest BCUT2D eigenvalue weighted by molar-refractivity contribution is 6.30. The van der Waals surface area contributed by atoms with Gasteiger partial charge in [-0.25, -0.2) is 0 Å². The van der Waals surface area contributed by atoms with Gasteiger partial charge in [0.05, 0.1) is 17.6 Å². The van der Waals surface area contributed by atoms with Gasteiger partial charge in [-0.15, -0.1) is 0 Å². The van der Waals surface area contributed by atoms with Gasteiger partial charge in [-0.3, -0.25) is 19.6 Å². The van der Waals surface area contributed by atoms with Crippen molar-refractivity contribution in [1.82, 2.24) is 14.9 Å². The first-order valence-corrected chi connectivity index (χ1v) is 7.92. The molecule has 0 saturated heterocycles. The predicted molar refractivity (Wildman–Crippen MR) is 96.6 cm³/mol. The van der Waals surface area contributed by atoms with Crippen molar-refractivity contribution in [2.75, 3.05) is 18.9 Å². The number of nitrogens with one attached hydrogen (secondary N) is 1. The van der Waals surface area contributed by atoms with E-state index < -0.39 is 0 Å². The first-order chi connectivity index (χ1) is 12.0. The first kappa shape index (κ1) is 16.9. The minimum Gasteiger partial charge on any atom is -0.332 e. The zero-order valence-electron chi connectivity index (χ0n) is 13.4. The summed E-state index contributed by atoms with van der Waals surface area (Å²) < 4.78 is 0. The maximum Gasteiger partial charge on any atom is 0.254 e. The van der Waals surface area contributed by atoms with E-state index >= 15 is 0 Å². The lowest BCUT2D eigenvalue weighted by molar-refractivity contribution is -0.116. The number of amides is 2. The molecule has 3 aromatic rings. The van der Waals surface area contributed by atoms with Gasteiger partial charge in [0, 0.05) is 35.7 Å². The Morgan fingerprint density at radius 2 is 1.72 bits per heavy atom. The third kappa shape index (κ3) is 4.10. The molecule has 1 heterocycles. The van der Waals surface area contributed by atoms with Gasteiger partial charge >= 0.3 is 0 Å². The van der Waals surface area contributed by atoms with Crippen molar-refractivity contribution in [2.45, 2.75) is 0 Å². The number of nitrogens with zero attached hydrogens (tertiary/aromatic N) is 3. The molecule has 0 fully saturated rings. The van der Waals surface area contributed by atoms with Gasteiger partial charge in [-0.1, -0.05) is 11.6 Å². The Kier molecular flexibility index (Phi) is 4.90. The molecule has 1 aromatic heterocycles. The Balaban J connectivity index is 1.66. The van der Waals surface area contributed by atoms with Crippen LogP contribution in [-0.2, 0) is 4.79 Å². The van der Waals surface area contributed by atoms with E-state index in [0.717, 1.165) is 0 Å². The maximum atomic E-state index is 12.5. The number of carbonyl (C=O) groups is 2. The molecule has 0 aliphatic carbocycles. The quantitative estimate of drug-likeness (QED) is 0.781. The minimum absolute atomic E-state index is 0.0695. The molecule has 0 saturated carbocycles. The molecule has 0 aliphatic heterocycles. The molecule has 0 radical (unpaired) electrons. The zero-order valence-corrected chi connectivity index (χ0v) is 14.2. The molecule has 0 atom stereocenters. The summed E-state index contributed by atoms with van der Waals surface area (Å²) in [4.78, 5) is 34.3. The molecule has 0 spiro atoms. The smallest absolute Gasteiger partial charge is 0.254 e. The summed E-state index contributed by atoms with van der Waals surface area (Å²) in [6.45, 7) is -0.0695. The largest absolute Gasteiger partial charge is 0.332 e. The fourth-order valence-corrected chi connectivity index (χ4v) is 2.46. The van der Waals surface area contributed by atoms with Gasteiger partial charge in [-0.2, -0.15) is 0 Å². The van der Waals surface area contributed by atoms with E-state index in [1.807, 2.05) is 0 Å². The van der Waals surface area contributed by atoms with Gasteiger partial charge in [-0.05, 0) is 42.5 Å². The van der Waals surface area contributed by atoms with Crippen molar-refractivity contribution in [1.29, 1.82) is 0 Å². The van der Waals surface area contributed by atoms with Crippen molar-refractivity contribution in [2.24, 2.45) is 0 Å². The molecular formula is C18H15ClN4O2. The van der Waals surface area contributed by atoms with Gasteiger partial charge in [0.1, 0.15) is 0 Å². The molecule has 6 nitrogen and oxygen atoms in total. The number of rotatable bonds is 4. The van der Waals surface area contributed by atoms with E-state index in [-0.39, 0.29) is 18.4 Å². The third-order valence-corrected chi connectivity index (χ3v) is 3.82. The molecule has 0 unspecified atom stereocenters. The van der Waals surface area contributed by atoms with Crippen LogP contribution < -0.4 is 5.32 Å². The number of benzene rings is 2. The fraction of sp³-hybridized carbons (Fsp3) is 0.111. The Morgan fingerprint density at radius 3 is 2.44 bits per heavy atom. The average molecular weight is 355 g/mol. The zero-order chi connectivity index (χ0) is 17.8. The van der Waals surface area contributed by atoms with Crippen LogP contribution in [0.15, 0.2) is 54.9 Å². The molecule has 7 heteroatoms. The van der Waals surface area contributed by atoms with Crippen molar-refractivity contribution in [3.8, 4) is 0 Å². The second-order valence-electron chi connectivity index (χ2n) is 5.48. The summed E-state index contributed by atoms with van der Waals surface area (Å²) >= 11 is 5.81. The van der Waals surface area contributed by atoms with E-state index in [0.29, 0.717) is 27.3 Å². The number of likely N-dealkylation sites (N-methyl/N-ethyl adjacent to an activating group) is 1. The van der Waals surface area contributed by atoms with Crippen LogP contribution in [0.2, 0.25) is 5.02 Å². The fourth-order valence-electron chi connectivity index (χ4n) is 2.34. The van der Waals surface area contributed by atoms with Crippen molar-refractivity contribution >= 4 is 40.1 Å². The second-order valence-corrected chi connectivity index (χ2v) is 5.91. The summed E-state index contributed by atoms with van der Waals surface area (Å²) in [5, 5.41) is 3.31. The molecular weight excluding hydrogens is 340 g/mol. The Bertz CT molecular complexity index is 928. The molecule has 1 N–H and O–H groups in total. The van der Waals surface area contributed by atoms with Crippen LogP contribution in [0.3, 0.4) is 0 Å². The summed E-state index contributed by atoms with van der Waals surface area (Å²) in [5.41, 5.74) is 2.42. The predicted octanol–water partition coefficient (Wildman–Crippen LogP) is 2.99. The van der Waals surface area contributed by atoms with Crippen LogP contribution in [0.5, 0.6) is 0 Å². The molecule has 0 aliphatic rings. The van der Waals surface area contributed by atoms with E-state index in [2.05, 4.69) is 15.3 Å². The Hall–Kier alpha value is -2.99. The van der Waals surface area contributed by atoms with E-state index in [1.165, 1.54) is 4.90 Å². The standard InChI is InChI=1S/C18H15ClN4O2/c1-23(11-17(24)22-14-5-3-13(19)4-6-14)18(25)12-2-7-15-16(10-12)21-9-8-20-15/h2-10H,11H2,1H3,(H,22,24). The van der Waals surface area contributed by atoms with E-state index in [4.69, 9.17) is 11.6 Å². The average Bonchev–Trinajstić information content (AvgIpc) is 2.62. The van der Waals surface area contributed by atoms with Gasteiger partial charge < -0.3 is 10.2 Å². The topological polar surface area (TPSA) is 75.2 Å². The SMILES string of the molecule is CN(CC(=O)Nc1ccc(Cl)cc1)C(=O)c1ccc2nccnc2c1. The molecule has 3 rings (SSSR count). The van der Waals surface area contributed by atoms with Crippen molar-refractivity contribution in [3.05, 3.63) is 65.4 Å². The summed E-state index contributed by atoms with van der Waals surface area (Å²) in [6, 6.07) is 11.8. The maximum absolute atomic E-state index is 12.5. The van der Waals surface area contributed by atoms with E-state index in [1.54, 1.807) is 61.9 Å². The van der Waals surface area contributed by atoms with Crippen LogP contribution in [-0.4, -0.2) is 40.3 Å². The van der Waals surface area contributed by atoms with Crippen LogP contribution in [0.25, 0.3) is 11.0 Å². The number of hydrogen-bond acceptors (Lipinski definition) is 4. The number of carbonyl (C=O) groups excluding carboxylic acids is 2. The minimum atomic E-state index is -0.293. The highest BCUT2D eigenvalue weighted by Crippen LogP contribution is 2.14. The molecule has 2 amide bonds. The summed E-state index contributed by atoms with van der Waals surface area (Å²) in [6.07, 6.45) is 3.16. The number of halogens is 1. The summed E-state index contributed by atoms with van der Waals surface area (Å²) in [5.74, 6) is -0.558. The second kappa shape index (κ2) is 7.27. The Labute approximate surface area is 149 Å². The molecule has 25 heavy (non-hydrogen) atoms. The summed E-state index contributed by atoms with van der Waals surface area (Å²) in [7, 11) is 1.57. The normalized spacial score (nSPS) is 10.5. The number of anilines is 1. The number of aromatic nitrogens is 2. The van der Waals surface area contributed by atoms with Crippen LogP contribution in [0.4, 0.5) is 5.69 Å². The van der Waals surface area contributed by atoms with Gasteiger partial charge in [0.2, 0.25) is 5.91 Å². The van der Waals surface area contributed by atoms with Gasteiger partial charge in [0.25, 0.3) is 5.91 Å². The Morgan fingerprint density at radius 1 is 1.04 bits per heavy atom. The lowest BCUT2D eigenvalue weighted by Crippen LogP contribution is -2.34. The molecule has 0 bridgehead atoms. The highest BCUT2D eigenvalue weighted by atomic mass is 35.5. The number of hydrogen-bond donors (Lipinski definition) is 1. The molecule has 2 aromatic carbocycles. The van der Waals surface area contributed by atoms with Crippen LogP contribution >= 0.6 is 11.6 Å². The monoisotopic (exact) mass is 354 g/mol. The first-order valence-electron chi connectivity index (χ1n) is 7.54. The van der Waals surface area contributed by atoms with E-state index in [9.17, 15) is 9.59 Å². The molecule has 126 valence electrons. The van der Waals surface area contributed by atoms with Gasteiger partial charge in [0.15, 0.2) is 0 Å². The van der Waals surface area contributed by atoms with Crippen LogP contribution in [0.1, 0.15) is 10.4 Å². The van der Waals surface area contributed by atoms with Crippen molar-refractivity contribution in [3.63, 3.8) is 0 Å². The number of fused-ring (bicyclic) bond motifs is 1.